The van der Waals surface area contributed by atoms with E-state index >= 15 is 0 Å². The minimum absolute atomic E-state index is 0.138. The highest BCUT2D eigenvalue weighted by Gasteiger charge is 2.31. The fraction of sp³-hybridized carbons (Fsp3) is 0.923. The quantitative estimate of drug-likeness (QED) is 0.793. The van der Waals surface area contributed by atoms with E-state index in [4.69, 9.17) is 0 Å². The van der Waals surface area contributed by atoms with E-state index in [0.717, 1.165) is 45.6 Å². The Hall–Kier alpha value is -0.770. The van der Waals surface area contributed by atoms with E-state index in [0.29, 0.717) is 11.5 Å². The zero-order valence-electron chi connectivity index (χ0n) is 11.3. The summed E-state index contributed by atoms with van der Waals surface area (Å²) in [4.78, 5) is 16.1. The second-order valence-corrected chi connectivity index (χ2v) is 6.49. The summed E-state index contributed by atoms with van der Waals surface area (Å²) in [6, 6.07) is 0.605. The molecule has 2 saturated heterocycles. The minimum atomic E-state index is 0.138. The second-order valence-electron chi connectivity index (χ2n) is 6.49. The van der Waals surface area contributed by atoms with Gasteiger partial charge in [0.2, 0.25) is 0 Å². The number of nitrogens with one attached hydrogen (secondary N) is 1. The van der Waals surface area contributed by atoms with Gasteiger partial charge in [-0.3, -0.25) is 0 Å². The van der Waals surface area contributed by atoms with Crippen LogP contribution in [0.1, 0.15) is 33.6 Å². The van der Waals surface area contributed by atoms with Gasteiger partial charge in [-0.05, 0) is 18.3 Å². The molecule has 2 fully saturated rings. The molecule has 0 atom stereocenters. The smallest absolute Gasteiger partial charge is 0.317 e. The van der Waals surface area contributed by atoms with Crippen molar-refractivity contribution in [3.05, 3.63) is 0 Å². The van der Waals surface area contributed by atoms with E-state index in [2.05, 4.69) is 31.0 Å². The van der Waals surface area contributed by atoms with Crippen LogP contribution in [0.5, 0.6) is 0 Å². The van der Waals surface area contributed by atoms with Crippen LogP contribution in [-0.4, -0.2) is 54.6 Å². The molecule has 0 aromatic rings. The van der Waals surface area contributed by atoms with Crippen LogP contribution in [0, 0.1) is 5.41 Å². The summed E-state index contributed by atoms with van der Waals surface area (Å²) >= 11 is 0. The molecule has 0 aliphatic carbocycles. The normalized spacial score (nSPS) is 24.2. The monoisotopic (exact) mass is 239 g/mol. The van der Waals surface area contributed by atoms with E-state index in [-0.39, 0.29) is 6.03 Å². The Kier molecular flexibility index (Phi) is 3.61. The zero-order valence-corrected chi connectivity index (χ0v) is 11.3. The highest BCUT2D eigenvalue weighted by molar-refractivity contribution is 5.76. The number of piperidine rings is 1. The Labute approximate surface area is 104 Å². The molecule has 2 aliphatic heterocycles. The van der Waals surface area contributed by atoms with E-state index in [9.17, 15) is 4.79 Å². The van der Waals surface area contributed by atoms with Crippen molar-refractivity contribution in [1.82, 2.24) is 15.1 Å². The zero-order chi connectivity index (χ0) is 12.5. The van der Waals surface area contributed by atoms with Crippen LogP contribution in [0.15, 0.2) is 0 Å². The molecule has 17 heavy (non-hydrogen) atoms. The van der Waals surface area contributed by atoms with Crippen molar-refractivity contribution in [2.45, 2.75) is 39.7 Å². The van der Waals surface area contributed by atoms with Crippen molar-refractivity contribution in [2.75, 3.05) is 32.7 Å². The molecule has 0 aromatic carbocycles. The van der Waals surface area contributed by atoms with E-state index < -0.39 is 0 Å². The topological polar surface area (TPSA) is 35.6 Å². The Morgan fingerprint density at radius 1 is 1.24 bits per heavy atom. The fourth-order valence-electron chi connectivity index (χ4n) is 2.89. The lowest BCUT2D eigenvalue weighted by atomic mass is 9.94. The van der Waals surface area contributed by atoms with Gasteiger partial charge < -0.3 is 15.1 Å². The number of nitrogens with zero attached hydrogens (tertiary/aromatic N) is 2. The van der Waals surface area contributed by atoms with Gasteiger partial charge >= 0.3 is 6.03 Å². The third kappa shape index (κ3) is 3.35. The minimum Gasteiger partial charge on any atom is -0.336 e. The van der Waals surface area contributed by atoms with Gasteiger partial charge in [-0.15, -0.1) is 0 Å². The molecular formula is C13H25N3O. The molecule has 0 bridgehead atoms. The predicted molar refractivity (Wildman–Crippen MR) is 69.0 cm³/mol. The van der Waals surface area contributed by atoms with Crippen LogP contribution in [-0.2, 0) is 0 Å². The summed E-state index contributed by atoms with van der Waals surface area (Å²) in [5.41, 5.74) is 0.373. The van der Waals surface area contributed by atoms with Crippen LogP contribution in [0.2, 0.25) is 0 Å². The summed E-state index contributed by atoms with van der Waals surface area (Å²) in [6.07, 6.45) is 2.26. The first-order valence-electron chi connectivity index (χ1n) is 6.72. The molecular weight excluding hydrogens is 214 g/mol. The molecule has 0 unspecified atom stereocenters. The second kappa shape index (κ2) is 4.84. The van der Waals surface area contributed by atoms with Gasteiger partial charge in [0.15, 0.2) is 0 Å². The van der Waals surface area contributed by atoms with Crippen LogP contribution in [0.3, 0.4) is 0 Å². The molecule has 98 valence electrons. The van der Waals surface area contributed by atoms with Crippen molar-refractivity contribution in [3.63, 3.8) is 0 Å². The van der Waals surface area contributed by atoms with Crippen molar-refractivity contribution in [2.24, 2.45) is 5.41 Å². The maximum atomic E-state index is 11.6. The maximum Gasteiger partial charge on any atom is 0.317 e. The molecule has 4 nitrogen and oxygen atoms in total. The van der Waals surface area contributed by atoms with Crippen molar-refractivity contribution >= 4 is 6.03 Å². The van der Waals surface area contributed by atoms with Crippen LogP contribution < -0.4 is 5.32 Å². The lowest BCUT2D eigenvalue weighted by Crippen LogP contribution is -2.47. The molecule has 2 heterocycles. The van der Waals surface area contributed by atoms with Gasteiger partial charge in [0.05, 0.1) is 0 Å². The van der Waals surface area contributed by atoms with Crippen LogP contribution in [0.4, 0.5) is 4.79 Å². The molecule has 2 aliphatic rings. The average molecular weight is 239 g/mol. The number of likely N-dealkylation sites (tertiary alicyclic amines) is 1. The summed E-state index contributed by atoms with van der Waals surface area (Å²) < 4.78 is 0. The fourth-order valence-corrected chi connectivity index (χ4v) is 2.89. The predicted octanol–water partition coefficient (Wildman–Crippen LogP) is 1.52. The van der Waals surface area contributed by atoms with Gasteiger partial charge in [0.25, 0.3) is 0 Å². The molecule has 0 spiro atoms. The number of hydrogen-bond acceptors (Lipinski definition) is 2. The van der Waals surface area contributed by atoms with E-state index in [1.807, 2.05) is 4.90 Å². The lowest BCUT2D eigenvalue weighted by molar-refractivity contribution is 0.111. The van der Waals surface area contributed by atoms with Gasteiger partial charge in [0.1, 0.15) is 0 Å². The third-order valence-electron chi connectivity index (χ3n) is 3.59. The summed E-state index contributed by atoms with van der Waals surface area (Å²) in [5.74, 6) is 0. The van der Waals surface area contributed by atoms with E-state index in [1.54, 1.807) is 0 Å². The summed E-state index contributed by atoms with van der Waals surface area (Å²) in [6.45, 7) is 12.0. The molecule has 2 amide bonds. The number of rotatable bonds is 2. The molecule has 0 radical (unpaired) electrons. The molecule has 0 aromatic heterocycles. The summed E-state index contributed by atoms with van der Waals surface area (Å²) in [5, 5.41) is 2.89. The summed E-state index contributed by atoms with van der Waals surface area (Å²) in [7, 11) is 0. The van der Waals surface area contributed by atoms with Crippen LogP contribution >= 0.6 is 0 Å². The highest BCUT2D eigenvalue weighted by atomic mass is 16.2. The molecule has 0 saturated carbocycles. The van der Waals surface area contributed by atoms with Crippen LogP contribution in [0.25, 0.3) is 0 Å². The van der Waals surface area contributed by atoms with Gasteiger partial charge in [-0.2, -0.15) is 0 Å². The van der Waals surface area contributed by atoms with Crippen molar-refractivity contribution < 1.29 is 4.79 Å². The number of carbonyl (C=O) groups is 1. The largest absolute Gasteiger partial charge is 0.336 e. The lowest BCUT2D eigenvalue weighted by Gasteiger charge is -2.38. The Morgan fingerprint density at radius 2 is 1.88 bits per heavy atom. The molecule has 1 N–H and O–H groups in total. The van der Waals surface area contributed by atoms with Gasteiger partial charge in [0, 0.05) is 38.8 Å². The number of carbonyl (C=O) groups excluding carboxylic acids is 1. The first kappa shape index (κ1) is 12.7. The number of hydrogen-bond donors (Lipinski definition) is 1. The average Bonchev–Trinajstić information content (AvgIpc) is 2.63. The first-order valence-corrected chi connectivity index (χ1v) is 6.72. The Bertz CT molecular complexity index is 277. The van der Waals surface area contributed by atoms with Crippen molar-refractivity contribution in [1.29, 1.82) is 0 Å². The standard InChI is InChI=1S/C13H25N3O/c1-13(2,3)10-15-7-4-11(5-8-15)16-9-6-14-12(16)17/h11H,4-10H2,1-3H3,(H,14,17). The first-order chi connectivity index (χ1) is 7.96. The number of amides is 2. The Balaban J connectivity index is 1.80. The van der Waals surface area contributed by atoms with Crippen molar-refractivity contribution in [3.8, 4) is 0 Å². The van der Waals surface area contributed by atoms with Gasteiger partial charge in [-0.25, -0.2) is 4.79 Å². The number of urea groups is 1. The van der Waals surface area contributed by atoms with E-state index in [1.165, 1.54) is 0 Å². The maximum absolute atomic E-state index is 11.6. The molecule has 2 rings (SSSR count). The SMILES string of the molecule is CC(C)(C)CN1CCC(N2CCNC2=O)CC1. The molecule has 4 heteroatoms. The third-order valence-corrected chi connectivity index (χ3v) is 3.59. The highest BCUT2D eigenvalue weighted by Crippen LogP contribution is 2.22. The van der Waals surface area contributed by atoms with Gasteiger partial charge in [-0.1, -0.05) is 20.8 Å². The Morgan fingerprint density at radius 3 is 2.35 bits per heavy atom.